The molecule has 2 aromatic carbocycles. The van der Waals surface area contributed by atoms with Crippen LogP contribution in [0.15, 0.2) is 52.3 Å². The fourth-order valence-corrected chi connectivity index (χ4v) is 3.44. The van der Waals surface area contributed by atoms with Gasteiger partial charge in [-0.2, -0.15) is 0 Å². The molecule has 21 heavy (non-hydrogen) atoms. The van der Waals surface area contributed by atoms with E-state index in [1.165, 1.54) is 23.9 Å². The highest BCUT2D eigenvalue weighted by atomic mass is 127. The molecule has 0 amide bonds. The van der Waals surface area contributed by atoms with Gasteiger partial charge < -0.3 is 5.11 Å². The lowest BCUT2D eigenvalue weighted by Gasteiger charge is -2.06. The third-order valence-electron chi connectivity index (χ3n) is 2.65. The third-order valence-corrected chi connectivity index (χ3v) is 4.65. The number of halogens is 1. The molecular formula is C14H10INO4S. The predicted molar refractivity (Wildman–Crippen MR) is 87.7 cm³/mol. The van der Waals surface area contributed by atoms with Crippen molar-refractivity contribution in [2.45, 2.75) is 16.2 Å². The number of nitrogens with zero attached hydrogens (tertiary/aromatic N) is 1. The van der Waals surface area contributed by atoms with Crippen molar-refractivity contribution < 1.29 is 14.8 Å². The number of rotatable bonds is 5. The van der Waals surface area contributed by atoms with Crippen LogP contribution in [0.5, 0.6) is 0 Å². The van der Waals surface area contributed by atoms with Crippen molar-refractivity contribution in [1.82, 2.24) is 0 Å². The summed E-state index contributed by atoms with van der Waals surface area (Å²) >= 11 is 3.59. The SMILES string of the molecule is O=C(O)Cc1ccc(Sc2ccc([N+](=O)[O-])cc2)cc1I. The molecule has 0 atom stereocenters. The Labute approximate surface area is 138 Å². The first-order valence-corrected chi connectivity index (χ1v) is 7.78. The lowest BCUT2D eigenvalue weighted by atomic mass is 10.2. The van der Waals surface area contributed by atoms with Gasteiger partial charge in [0.05, 0.1) is 11.3 Å². The summed E-state index contributed by atoms with van der Waals surface area (Å²) in [6.45, 7) is 0. The van der Waals surface area contributed by atoms with Gasteiger partial charge in [0.25, 0.3) is 5.69 Å². The van der Waals surface area contributed by atoms with Gasteiger partial charge in [-0.05, 0) is 52.4 Å². The molecule has 0 aliphatic rings. The molecule has 0 radical (unpaired) electrons. The molecule has 0 unspecified atom stereocenters. The van der Waals surface area contributed by atoms with Crippen LogP contribution in [0.2, 0.25) is 0 Å². The van der Waals surface area contributed by atoms with Crippen molar-refractivity contribution in [3.63, 3.8) is 0 Å². The van der Waals surface area contributed by atoms with E-state index in [1.54, 1.807) is 18.2 Å². The smallest absolute Gasteiger partial charge is 0.307 e. The molecule has 0 fully saturated rings. The van der Waals surface area contributed by atoms with E-state index >= 15 is 0 Å². The summed E-state index contributed by atoms with van der Waals surface area (Å²) in [5.74, 6) is -0.858. The largest absolute Gasteiger partial charge is 0.481 e. The fourth-order valence-electron chi connectivity index (χ4n) is 1.67. The zero-order valence-corrected chi connectivity index (χ0v) is 13.6. The Morgan fingerprint density at radius 2 is 1.81 bits per heavy atom. The average molecular weight is 415 g/mol. The molecule has 2 aromatic rings. The number of aliphatic carboxylic acids is 1. The first kappa shape index (κ1) is 15.8. The van der Waals surface area contributed by atoms with Crippen molar-refractivity contribution in [2.24, 2.45) is 0 Å². The molecule has 0 heterocycles. The molecule has 0 saturated carbocycles. The van der Waals surface area contributed by atoms with E-state index in [4.69, 9.17) is 5.11 Å². The lowest BCUT2D eigenvalue weighted by molar-refractivity contribution is -0.384. The van der Waals surface area contributed by atoms with Crippen molar-refractivity contribution in [3.8, 4) is 0 Å². The van der Waals surface area contributed by atoms with E-state index in [0.717, 1.165) is 18.9 Å². The standard InChI is InChI=1S/C14H10INO4S/c15-13-8-12(4-1-9(13)7-14(17)18)21-11-5-2-10(3-6-11)16(19)20/h1-6,8H,7H2,(H,17,18). The number of hydrogen-bond donors (Lipinski definition) is 1. The van der Waals surface area contributed by atoms with Gasteiger partial charge >= 0.3 is 5.97 Å². The second-order valence-corrected chi connectivity index (χ2v) is 6.49. The topological polar surface area (TPSA) is 80.4 Å². The van der Waals surface area contributed by atoms with Crippen LogP contribution in [0, 0.1) is 13.7 Å². The molecule has 0 saturated heterocycles. The molecule has 108 valence electrons. The summed E-state index contributed by atoms with van der Waals surface area (Å²) in [6.07, 6.45) is 0.000746. The summed E-state index contributed by atoms with van der Waals surface area (Å²) in [4.78, 5) is 22.7. The average Bonchev–Trinajstić information content (AvgIpc) is 2.42. The van der Waals surface area contributed by atoms with Gasteiger partial charge in [0, 0.05) is 25.5 Å². The highest BCUT2D eigenvalue weighted by Gasteiger charge is 2.08. The monoisotopic (exact) mass is 415 g/mol. The van der Waals surface area contributed by atoms with Crippen LogP contribution in [0.25, 0.3) is 0 Å². The van der Waals surface area contributed by atoms with E-state index in [9.17, 15) is 14.9 Å². The molecule has 0 spiro atoms. The van der Waals surface area contributed by atoms with Crippen LogP contribution < -0.4 is 0 Å². The summed E-state index contributed by atoms with van der Waals surface area (Å²) in [7, 11) is 0. The maximum atomic E-state index is 10.7. The van der Waals surface area contributed by atoms with Crippen LogP contribution in [0.1, 0.15) is 5.56 Å². The van der Waals surface area contributed by atoms with E-state index < -0.39 is 10.9 Å². The van der Waals surface area contributed by atoms with Gasteiger partial charge in [0.15, 0.2) is 0 Å². The van der Waals surface area contributed by atoms with Gasteiger partial charge in [-0.15, -0.1) is 0 Å². The van der Waals surface area contributed by atoms with Crippen molar-refractivity contribution >= 4 is 46.0 Å². The maximum Gasteiger partial charge on any atom is 0.307 e. The number of carboxylic acid groups (broad SMARTS) is 1. The zero-order valence-electron chi connectivity index (χ0n) is 10.7. The second-order valence-electron chi connectivity index (χ2n) is 4.18. The minimum atomic E-state index is -0.858. The summed E-state index contributed by atoms with van der Waals surface area (Å²) in [5.41, 5.74) is 0.835. The summed E-state index contributed by atoms with van der Waals surface area (Å²) < 4.78 is 0.891. The minimum absolute atomic E-state index is 0.000746. The molecule has 1 N–H and O–H groups in total. The Balaban J connectivity index is 2.14. The van der Waals surface area contributed by atoms with Crippen molar-refractivity contribution in [2.75, 3.05) is 0 Å². The highest BCUT2D eigenvalue weighted by Crippen LogP contribution is 2.30. The van der Waals surface area contributed by atoms with Crippen LogP contribution >= 0.6 is 34.4 Å². The number of carbonyl (C=O) groups is 1. The molecule has 5 nitrogen and oxygen atoms in total. The van der Waals surface area contributed by atoms with Gasteiger partial charge in [0.1, 0.15) is 0 Å². The summed E-state index contributed by atoms with van der Waals surface area (Å²) in [5, 5.41) is 19.4. The number of carboxylic acids is 1. The molecular weight excluding hydrogens is 405 g/mol. The number of nitro benzene ring substituents is 1. The van der Waals surface area contributed by atoms with Crippen molar-refractivity contribution in [1.29, 1.82) is 0 Å². The molecule has 0 aromatic heterocycles. The Kier molecular flexibility index (Phi) is 5.18. The van der Waals surface area contributed by atoms with Crippen LogP contribution in [-0.4, -0.2) is 16.0 Å². The predicted octanol–water partition coefficient (Wildman–Crippen LogP) is 3.98. The third kappa shape index (κ3) is 4.43. The Morgan fingerprint density at radius 1 is 1.19 bits per heavy atom. The Bertz CT molecular complexity index is 688. The van der Waals surface area contributed by atoms with Gasteiger partial charge in [-0.25, -0.2) is 0 Å². The Hall–Kier alpha value is -1.61. The van der Waals surface area contributed by atoms with E-state index in [2.05, 4.69) is 22.6 Å². The van der Waals surface area contributed by atoms with Crippen LogP contribution in [-0.2, 0) is 11.2 Å². The lowest BCUT2D eigenvalue weighted by Crippen LogP contribution is -2.01. The minimum Gasteiger partial charge on any atom is -0.481 e. The van der Waals surface area contributed by atoms with E-state index in [1.807, 2.05) is 12.1 Å². The first-order valence-electron chi connectivity index (χ1n) is 5.88. The quantitative estimate of drug-likeness (QED) is 0.454. The number of benzene rings is 2. The molecule has 0 bridgehead atoms. The fraction of sp³-hybridized carbons (Fsp3) is 0.0714. The zero-order chi connectivity index (χ0) is 15.4. The highest BCUT2D eigenvalue weighted by molar-refractivity contribution is 14.1. The molecule has 0 aliphatic carbocycles. The van der Waals surface area contributed by atoms with Gasteiger partial charge in [0.2, 0.25) is 0 Å². The van der Waals surface area contributed by atoms with E-state index in [0.29, 0.717) is 0 Å². The van der Waals surface area contributed by atoms with Crippen LogP contribution in [0.4, 0.5) is 5.69 Å². The Morgan fingerprint density at radius 3 is 2.33 bits per heavy atom. The maximum absolute atomic E-state index is 10.7. The van der Waals surface area contributed by atoms with Crippen molar-refractivity contribution in [3.05, 3.63) is 61.7 Å². The number of nitro groups is 1. The molecule has 0 aliphatic heterocycles. The first-order chi connectivity index (χ1) is 9.95. The number of non-ortho nitro benzene ring substituents is 1. The second kappa shape index (κ2) is 6.90. The number of hydrogen-bond acceptors (Lipinski definition) is 4. The van der Waals surface area contributed by atoms with Gasteiger partial charge in [-0.1, -0.05) is 17.8 Å². The molecule has 7 heteroatoms. The van der Waals surface area contributed by atoms with E-state index in [-0.39, 0.29) is 12.1 Å². The molecule has 2 rings (SSSR count). The van der Waals surface area contributed by atoms with Crippen LogP contribution in [0.3, 0.4) is 0 Å². The normalized spacial score (nSPS) is 10.3. The van der Waals surface area contributed by atoms with Gasteiger partial charge in [-0.3, -0.25) is 14.9 Å². The summed E-state index contributed by atoms with van der Waals surface area (Å²) in [6, 6.07) is 11.9.